The zero-order valence-electron chi connectivity index (χ0n) is 11.2. The molecule has 2 aromatic carbocycles. The summed E-state index contributed by atoms with van der Waals surface area (Å²) in [5, 5.41) is 2.94. The van der Waals surface area contributed by atoms with Crippen molar-refractivity contribution in [2.75, 3.05) is 0 Å². The van der Waals surface area contributed by atoms with Gasteiger partial charge < -0.3 is 5.32 Å². The lowest BCUT2D eigenvalue weighted by molar-refractivity contribution is -0.119. The summed E-state index contributed by atoms with van der Waals surface area (Å²) in [6.45, 7) is 2.67. The van der Waals surface area contributed by atoms with Crippen molar-refractivity contribution in [3.8, 4) is 0 Å². The van der Waals surface area contributed by atoms with Gasteiger partial charge in [-0.2, -0.15) is 0 Å². The van der Waals surface area contributed by atoms with E-state index in [1.807, 2.05) is 30.3 Å². The van der Waals surface area contributed by atoms with Crippen molar-refractivity contribution >= 4 is 18.6 Å². The molecule has 0 fully saturated rings. The summed E-state index contributed by atoms with van der Waals surface area (Å²) in [7, 11) is 0.793. The van der Waals surface area contributed by atoms with Crippen molar-refractivity contribution in [1.82, 2.24) is 5.32 Å². The normalized spacial score (nSPS) is 9.95. The van der Waals surface area contributed by atoms with Gasteiger partial charge in [0.2, 0.25) is 5.91 Å². The summed E-state index contributed by atoms with van der Waals surface area (Å²) in [5.41, 5.74) is 3.59. The number of rotatable bonds is 5. The van der Waals surface area contributed by atoms with Gasteiger partial charge in [-0.1, -0.05) is 65.6 Å². The molecule has 0 radical (unpaired) electrons. The average Bonchev–Trinajstić information content (AvgIpc) is 2.45. The fraction of sp³-hybridized carbons (Fsp3) is 0.188. The Morgan fingerprint density at radius 2 is 1.74 bits per heavy atom. The summed E-state index contributed by atoms with van der Waals surface area (Å²) >= 11 is 0. The Kier molecular flexibility index (Phi) is 4.79. The molecule has 0 saturated heterocycles. The Labute approximate surface area is 115 Å². The third-order valence-corrected chi connectivity index (χ3v) is 3.09. The summed E-state index contributed by atoms with van der Waals surface area (Å²) < 4.78 is 0. The van der Waals surface area contributed by atoms with E-state index in [4.69, 9.17) is 0 Å². The van der Waals surface area contributed by atoms with Crippen LogP contribution in [0.1, 0.15) is 11.1 Å². The van der Waals surface area contributed by atoms with Gasteiger partial charge in [-0.3, -0.25) is 4.79 Å². The van der Waals surface area contributed by atoms with Crippen LogP contribution in [-0.2, 0) is 11.3 Å². The Balaban J connectivity index is 1.74. The lowest BCUT2D eigenvalue weighted by atomic mass is 9.67. The van der Waals surface area contributed by atoms with Crippen LogP contribution >= 0.6 is 0 Å². The first-order valence-corrected chi connectivity index (χ1v) is 6.60. The highest BCUT2D eigenvalue weighted by Crippen LogP contribution is 1.98. The molecule has 0 bridgehead atoms. The number of carbonyl (C=O) groups excluding carboxylic acids is 1. The monoisotopic (exact) mass is 251 g/mol. The Bertz CT molecular complexity index is 522. The van der Waals surface area contributed by atoms with Crippen molar-refractivity contribution in [2.24, 2.45) is 0 Å². The van der Waals surface area contributed by atoms with Gasteiger partial charge in [0.15, 0.2) is 7.28 Å². The zero-order valence-corrected chi connectivity index (χ0v) is 11.2. The summed E-state index contributed by atoms with van der Waals surface area (Å²) in [5.74, 6) is 0.101. The Morgan fingerprint density at radius 3 is 2.42 bits per heavy atom. The SMILES string of the molecule is Cc1ccc(BCC(=O)NCc2ccccc2)cc1. The summed E-state index contributed by atoms with van der Waals surface area (Å²) in [6.07, 6.45) is 0.538. The number of nitrogens with one attached hydrogen (secondary N) is 1. The molecule has 3 heteroatoms. The summed E-state index contributed by atoms with van der Waals surface area (Å²) in [4.78, 5) is 11.7. The van der Waals surface area contributed by atoms with Crippen molar-refractivity contribution in [3.63, 3.8) is 0 Å². The molecule has 0 atom stereocenters. The number of carbonyl (C=O) groups is 1. The average molecular weight is 251 g/mol. The molecule has 0 saturated carbocycles. The van der Waals surface area contributed by atoms with Crippen LogP contribution in [0, 0.1) is 6.92 Å². The minimum Gasteiger partial charge on any atom is -0.353 e. The first-order valence-electron chi connectivity index (χ1n) is 6.60. The topological polar surface area (TPSA) is 29.1 Å². The van der Waals surface area contributed by atoms with Crippen LogP contribution in [0.25, 0.3) is 0 Å². The molecule has 0 heterocycles. The molecular formula is C16H18BNO. The van der Waals surface area contributed by atoms with E-state index in [1.165, 1.54) is 11.0 Å². The van der Waals surface area contributed by atoms with Crippen LogP contribution in [0.2, 0.25) is 6.32 Å². The van der Waals surface area contributed by atoms with Crippen LogP contribution in [0.4, 0.5) is 0 Å². The minimum atomic E-state index is 0.101. The van der Waals surface area contributed by atoms with E-state index in [2.05, 4.69) is 36.5 Å². The summed E-state index contributed by atoms with van der Waals surface area (Å²) in [6, 6.07) is 18.3. The molecule has 2 nitrogen and oxygen atoms in total. The van der Waals surface area contributed by atoms with Gasteiger partial charge >= 0.3 is 0 Å². The van der Waals surface area contributed by atoms with Crippen molar-refractivity contribution in [2.45, 2.75) is 19.8 Å². The Morgan fingerprint density at radius 1 is 1.05 bits per heavy atom. The zero-order chi connectivity index (χ0) is 13.5. The highest BCUT2D eigenvalue weighted by molar-refractivity contribution is 6.57. The molecule has 2 aromatic rings. The molecule has 0 spiro atoms. The van der Waals surface area contributed by atoms with Crippen LogP contribution in [0.15, 0.2) is 54.6 Å². The molecule has 0 aromatic heterocycles. The lowest BCUT2D eigenvalue weighted by Gasteiger charge is -2.05. The second-order valence-electron chi connectivity index (χ2n) is 4.75. The lowest BCUT2D eigenvalue weighted by Crippen LogP contribution is -2.27. The fourth-order valence-electron chi connectivity index (χ4n) is 1.90. The Hall–Kier alpha value is -2.03. The second kappa shape index (κ2) is 6.79. The standard InChI is InChI=1S/C16H18BNO/c1-13-7-9-15(10-8-13)17-11-16(19)18-12-14-5-3-2-4-6-14/h2-10,17H,11-12H2,1H3,(H,18,19). The van der Waals surface area contributed by atoms with Gasteiger partial charge in [-0.25, -0.2) is 0 Å². The highest BCUT2D eigenvalue weighted by atomic mass is 16.1. The van der Waals surface area contributed by atoms with Gasteiger partial charge in [-0.15, -0.1) is 0 Å². The number of amides is 1. The molecule has 0 aliphatic carbocycles. The second-order valence-corrected chi connectivity index (χ2v) is 4.75. The number of benzene rings is 2. The molecule has 0 aliphatic rings. The van der Waals surface area contributed by atoms with E-state index >= 15 is 0 Å². The predicted molar refractivity (Wildman–Crippen MR) is 81.1 cm³/mol. The van der Waals surface area contributed by atoms with Gasteiger partial charge in [-0.05, 0) is 12.5 Å². The van der Waals surface area contributed by atoms with E-state index in [0.717, 1.165) is 12.8 Å². The van der Waals surface area contributed by atoms with Crippen LogP contribution < -0.4 is 10.8 Å². The molecule has 0 unspecified atom stereocenters. The third-order valence-electron chi connectivity index (χ3n) is 3.09. The maximum absolute atomic E-state index is 11.7. The first kappa shape index (κ1) is 13.4. The van der Waals surface area contributed by atoms with Crippen LogP contribution in [-0.4, -0.2) is 13.2 Å². The largest absolute Gasteiger partial charge is 0.353 e. The van der Waals surface area contributed by atoms with Crippen molar-refractivity contribution in [1.29, 1.82) is 0 Å². The van der Waals surface area contributed by atoms with E-state index < -0.39 is 0 Å². The number of hydrogen-bond acceptors (Lipinski definition) is 1. The quantitative estimate of drug-likeness (QED) is 0.806. The van der Waals surface area contributed by atoms with E-state index in [-0.39, 0.29) is 5.91 Å². The van der Waals surface area contributed by atoms with Gasteiger partial charge in [0.05, 0.1) is 0 Å². The van der Waals surface area contributed by atoms with Gasteiger partial charge in [0, 0.05) is 12.9 Å². The minimum absolute atomic E-state index is 0.101. The predicted octanol–water partition coefficient (Wildman–Crippen LogP) is 1.79. The van der Waals surface area contributed by atoms with E-state index in [9.17, 15) is 4.79 Å². The molecular weight excluding hydrogens is 233 g/mol. The number of aryl methyl sites for hydroxylation is 1. The molecule has 2 rings (SSSR count). The molecule has 0 aliphatic heterocycles. The van der Waals surface area contributed by atoms with Crippen LogP contribution in [0.5, 0.6) is 0 Å². The molecule has 1 amide bonds. The first-order chi connectivity index (χ1) is 9.24. The van der Waals surface area contributed by atoms with Crippen LogP contribution in [0.3, 0.4) is 0 Å². The smallest absolute Gasteiger partial charge is 0.213 e. The fourth-order valence-corrected chi connectivity index (χ4v) is 1.90. The molecule has 96 valence electrons. The maximum atomic E-state index is 11.7. The van der Waals surface area contributed by atoms with E-state index in [0.29, 0.717) is 12.9 Å². The molecule has 19 heavy (non-hydrogen) atoms. The molecule has 1 N–H and O–H groups in total. The highest BCUT2D eigenvalue weighted by Gasteiger charge is 2.03. The van der Waals surface area contributed by atoms with Gasteiger partial charge in [0.1, 0.15) is 0 Å². The maximum Gasteiger partial charge on any atom is 0.213 e. The van der Waals surface area contributed by atoms with Crippen molar-refractivity contribution < 1.29 is 4.79 Å². The van der Waals surface area contributed by atoms with E-state index in [1.54, 1.807) is 0 Å². The third kappa shape index (κ3) is 4.62. The van der Waals surface area contributed by atoms with Crippen molar-refractivity contribution in [3.05, 3.63) is 65.7 Å². The van der Waals surface area contributed by atoms with Gasteiger partial charge in [0.25, 0.3) is 0 Å². The number of hydrogen-bond donors (Lipinski definition) is 1.